The fourth-order valence-corrected chi connectivity index (χ4v) is 3.22. The molecule has 170 valence electrons. The van der Waals surface area contributed by atoms with E-state index in [1.807, 2.05) is 24.3 Å². The molecule has 0 spiro atoms. The first-order valence-electron chi connectivity index (χ1n) is 10.7. The Morgan fingerprint density at radius 3 is 1.58 bits per heavy atom. The third-order valence-corrected chi connectivity index (χ3v) is 4.88. The topological polar surface area (TPSA) is 86.7 Å². The molecular formula is C23H31NO7. The summed E-state index contributed by atoms with van der Waals surface area (Å²) in [6.45, 7) is 5.30. The summed E-state index contributed by atoms with van der Waals surface area (Å²) >= 11 is 0. The first-order chi connectivity index (χ1) is 15.3. The molecule has 0 unspecified atom stereocenters. The largest absolute Gasteiger partial charge is 0.507 e. The lowest BCUT2D eigenvalue weighted by Crippen LogP contribution is -2.37. The lowest BCUT2D eigenvalue weighted by Gasteiger charge is -2.23. The minimum Gasteiger partial charge on any atom is -0.507 e. The van der Waals surface area contributed by atoms with Crippen LogP contribution in [0.15, 0.2) is 36.4 Å². The van der Waals surface area contributed by atoms with Gasteiger partial charge >= 0.3 is 0 Å². The highest BCUT2D eigenvalue weighted by molar-refractivity contribution is 6.01. The van der Waals surface area contributed by atoms with E-state index in [0.29, 0.717) is 79.2 Å². The average Bonchev–Trinajstić information content (AvgIpc) is 2.78. The summed E-state index contributed by atoms with van der Waals surface area (Å²) < 4.78 is 27.5. The van der Waals surface area contributed by atoms with Gasteiger partial charge in [-0.05, 0) is 22.9 Å². The highest BCUT2D eigenvalue weighted by atomic mass is 16.6. The van der Waals surface area contributed by atoms with E-state index in [0.717, 1.165) is 10.8 Å². The maximum absolute atomic E-state index is 13.2. The molecule has 0 atom stereocenters. The van der Waals surface area contributed by atoms with E-state index in [4.69, 9.17) is 23.7 Å². The SMILES string of the molecule is O=C(c1cc2ccccc2cc1O)N1CCOCCOCCOCCOCCOCC1. The lowest BCUT2D eigenvalue weighted by atomic mass is 10.0. The third kappa shape index (κ3) is 7.75. The Balaban J connectivity index is 1.62. The number of carbonyl (C=O) groups is 1. The van der Waals surface area contributed by atoms with Gasteiger partial charge in [0, 0.05) is 13.1 Å². The summed E-state index contributed by atoms with van der Waals surface area (Å²) in [6.07, 6.45) is 0. The number of hydrogen-bond donors (Lipinski definition) is 1. The van der Waals surface area contributed by atoms with Crippen LogP contribution in [0.25, 0.3) is 10.8 Å². The fourth-order valence-electron chi connectivity index (χ4n) is 3.22. The Hall–Kier alpha value is -2.23. The number of nitrogens with zero attached hydrogens (tertiary/aromatic N) is 1. The summed E-state index contributed by atoms with van der Waals surface area (Å²) in [5, 5.41) is 12.2. The molecule has 1 fully saturated rings. The van der Waals surface area contributed by atoms with Gasteiger partial charge in [0.05, 0.1) is 71.6 Å². The Kier molecular flexibility index (Phi) is 10.0. The van der Waals surface area contributed by atoms with E-state index in [1.165, 1.54) is 0 Å². The Labute approximate surface area is 182 Å². The smallest absolute Gasteiger partial charge is 0.257 e. The second-order valence-corrected chi connectivity index (χ2v) is 7.07. The molecule has 2 aromatic rings. The number of rotatable bonds is 1. The van der Waals surface area contributed by atoms with Crippen molar-refractivity contribution in [3.63, 3.8) is 0 Å². The van der Waals surface area contributed by atoms with E-state index < -0.39 is 0 Å². The normalized spacial score (nSPS) is 18.9. The molecule has 1 heterocycles. The van der Waals surface area contributed by atoms with Gasteiger partial charge in [-0.25, -0.2) is 0 Å². The van der Waals surface area contributed by atoms with Crippen LogP contribution in [0.1, 0.15) is 10.4 Å². The van der Waals surface area contributed by atoms with Crippen LogP contribution in [-0.2, 0) is 23.7 Å². The van der Waals surface area contributed by atoms with Crippen molar-refractivity contribution in [1.82, 2.24) is 4.90 Å². The van der Waals surface area contributed by atoms with Gasteiger partial charge in [0.1, 0.15) is 5.75 Å². The quantitative estimate of drug-likeness (QED) is 0.737. The van der Waals surface area contributed by atoms with Gasteiger partial charge in [0.15, 0.2) is 0 Å². The number of hydrogen-bond acceptors (Lipinski definition) is 7. The van der Waals surface area contributed by atoms with Crippen LogP contribution in [0.2, 0.25) is 0 Å². The van der Waals surface area contributed by atoms with Gasteiger partial charge in [-0.15, -0.1) is 0 Å². The van der Waals surface area contributed by atoms with Crippen LogP contribution >= 0.6 is 0 Å². The predicted molar refractivity (Wildman–Crippen MR) is 116 cm³/mol. The molecule has 8 nitrogen and oxygen atoms in total. The predicted octanol–water partition coefficient (Wildman–Crippen LogP) is 2.08. The van der Waals surface area contributed by atoms with Crippen LogP contribution in [0.3, 0.4) is 0 Å². The van der Waals surface area contributed by atoms with Crippen LogP contribution in [0.5, 0.6) is 5.75 Å². The minimum absolute atomic E-state index is 0.0333. The van der Waals surface area contributed by atoms with Gasteiger partial charge in [0.25, 0.3) is 5.91 Å². The van der Waals surface area contributed by atoms with Crippen molar-refractivity contribution in [1.29, 1.82) is 0 Å². The van der Waals surface area contributed by atoms with Crippen molar-refractivity contribution < 1.29 is 33.6 Å². The number of fused-ring (bicyclic) bond motifs is 1. The van der Waals surface area contributed by atoms with Gasteiger partial charge < -0.3 is 33.7 Å². The molecular weight excluding hydrogens is 402 g/mol. The van der Waals surface area contributed by atoms with E-state index in [-0.39, 0.29) is 17.2 Å². The number of ether oxygens (including phenoxy) is 5. The molecule has 1 saturated heterocycles. The molecule has 3 rings (SSSR count). The summed E-state index contributed by atoms with van der Waals surface area (Å²) in [6, 6.07) is 11.0. The summed E-state index contributed by atoms with van der Waals surface area (Å²) in [5.74, 6) is -0.288. The number of amides is 1. The highest BCUT2D eigenvalue weighted by Crippen LogP contribution is 2.26. The first kappa shape index (κ1) is 23.4. The number of benzene rings is 2. The van der Waals surface area contributed by atoms with Crippen LogP contribution in [0.4, 0.5) is 0 Å². The van der Waals surface area contributed by atoms with Crippen molar-refractivity contribution in [3.8, 4) is 5.75 Å². The number of aromatic hydroxyl groups is 1. The molecule has 0 aliphatic carbocycles. The zero-order valence-corrected chi connectivity index (χ0v) is 17.8. The minimum atomic E-state index is -0.255. The Morgan fingerprint density at radius 2 is 1.10 bits per heavy atom. The fraction of sp³-hybridized carbons (Fsp3) is 0.522. The molecule has 1 amide bonds. The number of carbonyl (C=O) groups excluding carboxylic acids is 1. The molecule has 1 aliphatic rings. The average molecular weight is 434 g/mol. The second kappa shape index (κ2) is 13.2. The van der Waals surface area contributed by atoms with Crippen LogP contribution in [-0.4, -0.2) is 95.1 Å². The zero-order chi connectivity index (χ0) is 21.7. The summed E-state index contributed by atoms with van der Waals surface area (Å²) in [5.41, 5.74) is 0.271. The van der Waals surface area contributed by atoms with Gasteiger partial charge in [-0.1, -0.05) is 24.3 Å². The summed E-state index contributed by atoms with van der Waals surface area (Å²) in [7, 11) is 0. The lowest BCUT2D eigenvalue weighted by molar-refractivity contribution is -0.0176. The molecule has 0 saturated carbocycles. The van der Waals surface area contributed by atoms with Crippen molar-refractivity contribution >= 4 is 16.7 Å². The monoisotopic (exact) mass is 433 g/mol. The van der Waals surface area contributed by atoms with Crippen LogP contribution in [0, 0.1) is 0 Å². The molecule has 1 N–H and O–H groups in total. The van der Waals surface area contributed by atoms with E-state index in [1.54, 1.807) is 17.0 Å². The van der Waals surface area contributed by atoms with Crippen LogP contribution < -0.4 is 0 Å². The van der Waals surface area contributed by atoms with E-state index in [2.05, 4.69) is 0 Å². The molecule has 0 bridgehead atoms. The zero-order valence-electron chi connectivity index (χ0n) is 17.8. The van der Waals surface area contributed by atoms with Crippen molar-refractivity contribution in [2.45, 2.75) is 0 Å². The maximum atomic E-state index is 13.2. The van der Waals surface area contributed by atoms with Crippen molar-refractivity contribution in [3.05, 3.63) is 42.0 Å². The number of phenolic OH excluding ortho intramolecular Hbond substituents is 1. The molecule has 31 heavy (non-hydrogen) atoms. The third-order valence-electron chi connectivity index (χ3n) is 4.88. The van der Waals surface area contributed by atoms with Gasteiger partial charge in [-0.2, -0.15) is 0 Å². The van der Waals surface area contributed by atoms with Gasteiger partial charge in [-0.3, -0.25) is 4.79 Å². The van der Waals surface area contributed by atoms with Crippen molar-refractivity contribution in [2.75, 3.05) is 79.2 Å². The highest BCUT2D eigenvalue weighted by Gasteiger charge is 2.19. The molecule has 1 aliphatic heterocycles. The van der Waals surface area contributed by atoms with E-state index in [9.17, 15) is 9.90 Å². The molecule has 0 radical (unpaired) electrons. The molecule has 8 heteroatoms. The standard InChI is InChI=1S/C23H31NO7/c25-22-18-20-4-2-1-3-19(20)17-21(22)23(26)24-5-7-27-9-11-29-13-15-31-16-14-30-12-10-28-8-6-24/h1-4,17-18,25H,5-16H2. The van der Waals surface area contributed by atoms with Gasteiger partial charge in [0.2, 0.25) is 0 Å². The first-order valence-corrected chi connectivity index (χ1v) is 10.7. The van der Waals surface area contributed by atoms with Crippen molar-refractivity contribution in [2.24, 2.45) is 0 Å². The molecule has 0 aromatic heterocycles. The van der Waals surface area contributed by atoms with E-state index >= 15 is 0 Å². The Bertz CT molecular complexity index is 796. The molecule has 2 aromatic carbocycles. The Morgan fingerprint density at radius 1 is 0.677 bits per heavy atom. The summed E-state index contributed by atoms with van der Waals surface area (Å²) in [4.78, 5) is 14.8. The number of phenols is 1. The maximum Gasteiger partial charge on any atom is 0.257 e. The second-order valence-electron chi connectivity index (χ2n) is 7.07.